The van der Waals surface area contributed by atoms with Crippen molar-refractivity contribution in [1.82, 2.24) is 4.90 Å². The van der Waals surface area contributed by atoms with Gasteiger partial charge in [0.1, 0.15) is 0 Å². The molecule has 0 aliphatic carbocycles. The summed E-state index contributed by atoms with van der Waals surface area (Å²) in [5.41, 5.74) is 6.83. The van der Waals surface area contributed by atoms with Crippen LogP contribution in [0.3, 0.4) is 0 Å². The topological polar surface area (TPSA) is 66.6 Å². The van der Waals surface area contributed by atoms with Crippen LogP contribution in [-0.2, 0) is 11.3 Å². The summed E-state index contributed by atoms with van der Waals surface area (Å²) in [4.78, 5) is 13.4. The number of carbonyl (C=O) groups is 1. The van der Waals surface area contributed by atoms with Gasteiger partial charge in [-0.15, -0.1) is 0 Å². The Morgan fingerprint density at radius 3 is 2.79 bits per heavy atom. The minimum Gasteiger partial charge on any atom is -0.481 e. The Morgan fingerprint density at radius 2 is 2.16 bits per heavy atom. The summed E-state index contributed by atoms with van der Waals surface area (Å²) in [6.45, 7) is 3.23. The van der Waals surface area contributed by atoms with E-state index in [1.54, 1.807) is 0 Å². The molecular weight excluding hydrogens is 240 g/mol. The second kappa shape index (κ2) is 6.68. The molecule has 0 amide bonds. The van der Waals surface area contributed by atoms with Gasteiger partial charge in [0.15, 0.2) is 0 Å². The first-order valence-corrected chi connectivity index (χ1v) is 6.88. The fraction of sp³-hybridized carbons (Fsp3) is 0.533. The lowest BCUT2D eigenvalue weighted by atomic mass is 9.94. The Bertz CT molecular complexity index is 408. The molecule has 19 heavy (non-hydrogen) atoms. The summed E-state index contributed by atoms with van der Waals surface area (Å²) < 4.78 is 0. The number of benzene rings is 1. The second-order valence-electron chi connectivity index (χ2n) is 5.38. The summed E-state index contributed by atoms with van der Waals surface area (Å²) in [6, 6.07) is 10.4. The number of rotatable bonds is 6. The minimum absolute atomic E-state index is 0.241. The number of nitrogens with two attached hydrogens (primary N) is 1. The number of hydrogen-bond donors (Lipinski definition) is 2. The Balaban J connectivity index is 1.81. The van der Waals surface area contributed by atoms with Gasteiger partial charge in [-0.25, -0.2) is 0 Å². The monoisotopic (exact) mass is 262 g/mol. The van der Waals surface area contributed by atoms with Crippen LogP contribution in [0.15, 0.2) is 30.3 Å². The molecule has 1 aromatic rings. The van der Waals surface area contributed by atoms with Gasteiger partial charge >= 0.3 is 5.97 Å². The molecule has 2 atom stereocenters. The van der Waals surface area contributed by atoms with Gasteiger partial charge in [-0.2, -0.15) is 0 Å². The highest BCUT2D eigenvalue weighted by Crippen LogP contribution is 2.24. The molecule has 0 bridgehead atoms. The summed E-state index contributed by atoms with van der Waals surface area (Å²) >= 11 is 0. The molecule has 0 aromatic heterocycles. The van der Waals surface area contributed by atoms with Gasteiger partial charge in [0.25, 0.3) is 0 Å². The number of likely N-dealkylation sites (tertiary alicyclic amines) is 1. The van der Waals surface area contributed by atoms with Crippen molar-refractivity contribution in [2.75, 3.05) is 19.6 Å². The minimum atomic E-state index is -0.760. The molecule has 2 unspecified atom stereocenters. The van der Waals surface area contributed by atoms with Gasteiger partial charge in [0.2, 0.25) is 0 Å². The van der Waals surface area contributed by atoms with E-state index in [2.05, 4.69) is 29.2 Å². The average molecular weight is 262 g/mol. The number of carboxylic acids is 1. The van der Waals surface area contributed by atoms with Crippen LogP contribution in [0.5, 0.6) is 0 Å². The van der Waals surface area contributed by atoms with E-state index in [1.165, 1.54) is 5.56 Å². The zero-order chi connectivity index (χ0) is 13.7. The van der Waals surface area contributed by atoms with Crippen molar-refractivity contribution in [1.29, 1.82) is 0 Å². The number of nitrogens with zero attached hydrogens (tertiary/aromatic N) is 1. The molecule has 0 spiro atoms. The molecule has 1 heterocycles. The van der Waals surface area contributed by atoms with E-state index >= 15 is 0 Å². The highest BCUT2D eigenvalue weighted by Gasteiger charge is 2.27. The molecule has 1 saturated heterocycles. The zero-order valence-corrected chi connectivity index (χ0v) is 11.2. The van der Waals surface area contributed by atoms with Crippen LogP contribution < -0.4 is 5.73 Å². The van der Waals surface area contributed by atoms with Crippen LogP contribution in [0.4, 0.5) is 0 Å². The third-order valence-corrected chi connectivity index (χ3v) is 3.87. The predicted octanol–water partition coefficient (Wildman–Crippen LogP) is 1.56. The van der Waals surface area contributed by atoms with E-state index in [4.69, 9.17) is 10.8 Å². The van der Waals surface area contributed by atoms with Crippen LogP contribution in [0.2, 0.25) is 0 Å². The maximum atomic E-state index is 11.0. The number of aliphatic carboxylic acids is 1. The lowest BCUT2D eigenvalue weighted by Gasteiger charge is -2.18. The molecule has 4 nitrogen and oxygen atoms in total. The molecule has 1 aliphatic rings. The molecule has 0 saturated carbocycles. The van der Waals surface area contributed by atoms with Crippen LogP contribution >= 0.6 is 0 Å². The number of hydrogen-bond acceptors (Lipinski definition) is 3. The fourth-order valence-corrected chi connectivity index (χ4v) is 2.79. The third kappa shape index (κ3) is 4.04. The van der Waals surface area contributed by atoms with Crippen molar-refractivity contribution in [3.8, 4) is 0 Å². The Kier molecular flexibility index (Phi) is 4.93. The summed E-state index contributed by atoms with van der Waals surface area (Å²) in [5.74, 6) is -0.681. The molecular formula is C15H22N2O2. The van der Waals surface area contributed by atoms with Crippen LogP contribution in [0.1, 0.15) is 18.4 Å². The molecule has 104 valence electrons. The van der Waals surface area contributed by atoms with E-state index in [9.17, 15) is 4.79 Å². The van der Waals surface area contributed by atoms with Crippen molar-refractivity contribution in [3.05, 3.63) is 35.9 Å². The van der Waals surface area contributed by atoms with E-state index in [0.717, 1.165) is 26.1 Å². The Hall–Kier alpha value is -1.39. The van der Waals surface area contributed by atoms with Crippen molar-refractivity contribution < 1.29 is 9.90 Å². The quantitative estimate of drug-likeness (QED) is 0.816. The highest BCUT2D eigenvalue weighted by atomic mass is 16.4. The van der Waals surface area contributed by atoms with E-state index in [1.807, 2.05) is 6.07 Å². The molecule has 3 N–H and O–H groups in total. The van der Waals surface area contributed by atoms with E-state index in [0.29, 0.717) is 12.3 Å². The van der Waals surface area contributed by atoms with Gasteiger partial charge in [0, 0.05) is 19.6 Å². The maximum Gasteiger partial charge on any atom is 0.307 e. The molecule has 1 aliphatic heterocycles. The first-order valence-electron chi connectivity index (χ1n) is 6.88. The van der Waals surface area contributed by atoms with Gasteiger partial charge in [-0.1, -0.05) is 30.3 Å². The summed E-state index contributed by atoms with van der Waals surface area (Å²) in [7, 11) is 0. The largest absolute Gasteiger partial charge is 0.481 e. The Labute approximate surface area is 114 Å². The second-order valence-corrected chi connectivity index (χ2v) is 5.38. The normalized spacial score (nSPS) is 21.4. The highest BCUT2D eigenvalue weighted by molar-refractivity contribution is 5.70. The first kappa shape index (κ1) is 14.0. The third-order valence-electron chi connectivity index (χ3n) is 3.87. The van der Waals surface area contributed by atoms with E-state index < -0.39 is 5.97 Å². The maximum absolute atomic E-state index is 11.0. The molecule has 1 fully saturated rings. The fourth-order valence-electron chi connectivity index (χ4n) is 2.79. The standard InChI is InChI=1S/C15H22N2O2/c16-9-14(15(18)19)8-13-6-7-17(11-13)10-12-4-2-1-3-5-12/h1-5,13-14H,6-11,16H2,(H,18,19). The molecule has 2 rings (SSSR count). The molecule has 1 aromatic carbocycles. The summed E-state index contributed by atoms with van der Waals surface area (Å²) in [6.07, 6.45) is 1.79. The van der Waals surface area contributed by atoms with Gasteiger partial charge in [-0.05, 0) is 30.9 Å². The van der Waals surface area contributed by atoms with Crippen molar-refractivity contribution >= 4 is 5.97 Å². The molecule has 4 heteroatoms. The zero-order valence-electron chi connectivity index (χ0n) is 11.2. The van der Waals surface area contributed by atoms with Crippen molar-refractivity contribution in [3.63, 3.8) is 0 Å². The SMILES string of the molecule is NCC(CC1CCN(Cc2ccccc2)C1)C(=O)O. The Morgan fingerprint density at radius 1 is 1.42 bits per heavy atom. The van der Waals surface area contributed by atoms with Crippen LogP contribution in [-0.4, -0.2) is 35.6 Å². The number of carboxylic acid groups (broad SMARTS) is 1. The van der Waals surface area contributed by atoms with Gasteiger partial charge in [-0.3, -0.25) is 9.69 Å². The lowest BCUT2D eigenvalue weighted by Crippen LogP contribution is -2.27. The predicted molar refractivity (Wildman–Crippen MR) is 74.6 cm³/mol. The molecule has 0 radical (unpaired) electrons. The van der Waals surface area contributed by atoms with Crippen molar-refractivity contribution in [2.24, 2.45) is 17.6 Å². The lowest BCUT2D eigenvalue weighted by molar-refractivity contribution is -0.141. The smallest absolute Gasteiger partial charge is 0.307 e. The van der Waals surface area contributed by atoms with E-state index in [-0.39, 0.29) is 12.5 Å². The average Bonchev–Trinajstić information content (AvgIpc) is 2.84. The summed E-state index contributed by atoms with van der Waals surface area (Å²) in [5, 5.41) is 9.04. The van der Waals surface area contributed by atoms with Crippen LogP contribution in [0, 0.1) is 11.8 Å². The first-order chi connectivity index (χ1) is 9.19. The van der Waals surface area contributed by atoms with Gasteiger partial charge < -0.3 is 10.8 Å². The van der Waals surface area contributed by atoms with Crippen LogP contribution in [0.25, 0.3) is 0 Å². The van der Waals surface area contributed by atoms with Crippen molar-refractivity contribution in [2.45, 2.75) is 19.4 Å². The van der Waals surface area contributed by atoms with Gasteiger partial charge in [0.05, 0.1) is 5.92 Å².